The first-order valence-electron chi connectivity index (χ1n) is 7.71. The highest BCUT2D eigenvalue weighted by Gasteiger charge is 2.16. The quantitative estimate of drug-likeness (QED) is 0.818. The SMILES string of the molecule is COC(=O)c1ccc(C)c(N[C@@H](C)C(=O)Nc2ccccc2C#N)c1. The number of nitrogens with zero attached hydrogens (tertiary/aromatic N) is 1. The Morgan fingerprint density at radius 1 is 1.16 bits per heavy atom. The van der Waals surface area contributed by atoms with Crippen molar-refractivity contribution in [1.82, 2.24) is 0 Å². The number of carbonyl (C=O) groups excluding carboxylic acids is 2. The largest absolute Gasteiger partial charge is 0.465 e. The second-order valence-corrected chi connectivity index (χ2v) is 5.53. The molecule has 0 aliphatic carbocycles. The lowest BCUT2D eigenvalue weighted by atomic mass is 10.1. The first-order valence-corrected chi connectivity index (χ1v) is 7.71. The molecule has 0 fully saturated rings. The van der Waals surface area contributed by atoms with Crippen molar-refractivity contribution in [3.8, 4) is 6.07 Å². The summed E-state index contributed by atoms with van der Waals surface area (Å²) in [5.41, 5.74) is 2.82. The standard InChI is InChI=1S/C19H19N3O3/c1-12-8-9-14(19(24)25-3)10-17(12)21-13(2)18(23)22-16-7-5-4-6-15(16)11-20/h4-10,13,21H,1-3H3,(H,22,23)/t13-/m0/s1. The van der Waals surface area contributed by atoms with Gasteiger partial charge >= 0.3 is 5.97 Å². The maximum atomic E-state index is 12.4. The summed E-state index contributed by atoms with van der Waals surface area (Å²) in [6.07, 6.45) is 0. The third-order valence-corrected chi connectivity index (χ3v) is 3.73. The van der Waals surface area contributed by atoms with Crippen LogP contribution < -0.4 is 10.6 Å². The maximum absolute atomic E-state index is 12.4. The zero-order chi connectivity index (χ0) is 18.4. The Balaban J connectivity index is 2.14. The lowest BCUT2D eigenvalue weighted by molar-refractivity contribution is -0.116. The molecule has 0 saturated heterocycles. The summed E-state index contributed by atoms with van der Waals surface area (Å²) in [6.45, 7) is 3.58. The minimum atomic E-state index is -0.571. The van der Waals surface area contributed by atoms with Gasteiger partial charge < -0.3 is 15.4 Å². The van der Waals surface area contributed by atoms with E-state index in [0.29, 0.717) is 22.5 Å². The highest BCUT2D eigenvalue weighted by Crippen LogP contribution is 2.19. The minimum absolute atomic E-state index is 0.287. The maximum Gasteiger partial charge on any atom is 0.337 e. The molecule has 0 unspecified atom stereocenters. The topological polar surface area (TPSA) is 91.2 Å². The van der Waals surface area contributed by atoms with Crippen LogP contribution in [0.15, 0.2) is 42.5 Å². The number of methoxy groups -OCH3 is 1. The molecule has 0 aliphatic rings. The van der Waals surface area contributed by atoms with Crippen LogP contribution in [0, 0.1) is 18.3 Å². The van der Waals surface area contributed by atoms with E-state index < -0.39 is 12.0 Å². The Hall–Kier alpha value is -3.33. The second-order valence-electron chi connectivity index (χ2n) is 5.53. The molecule has 0 aliphatic heterocycles. The molecule has 2 aromatic rings. The molecule has 25 heavy (non-hydrogen) atoms. The van der Waals surface area contributed by atoms with Crippen molar-refractivity contribution < 1.29 is 14.3 Å². The van der Waals surface area contributed by atoms with Gasteiger partial charge in [0.25, 0.3) is 0 Å². The van der Waals surface area contributed by atoms with Gasteiger partial charge in [0.05, 0.1) is 23.9 Å². The molecule has 0 spiro atoms. The van der Waals surface area contributed by atoms with Crippen LogP contribution in [0.3, 0.4) is 0 Å². The van der Waals surface area contributed by atoms with E-state index in [1.54, 1.807) is 49.4 Å². The minimum Gasteiger partial charge on any atom is -0.465 e. The van der Waals surface area contributed by atoms with Gasteiger partial charge in [-0.2, -0.15) is 5.26 Å². The fraction of sp³-hybridized carbons (Fsp3) is 0.211. The fourth-order valence-corrected chi connectivity index (χ4v) is 2.25. The predicted molar refractivity (Wildman–Crippen MR) is 95.4 cm³/mol. The van der Waals surface area contributed by atoms with Crippen molar-refractivity contribution in [3.05, 3.63) is 59.2 Å². The van der Waals surface area contributed by atoms with Crippen molar-refractivity contribution in [2.45, 2.75) is 19.9 Å². The molecule has 0 radical (unpaired) electrons. The van der Waals surface area contributed by atoms with Gasteiger partial charge in [-0.15, -0.1) is 0 Å². The first kappa shape index (κ1) is 18.0. The highest BCUT2D eigenvalue weighted by molar-refractivity contribution is 5.97. The summed E-state index contributed by atoms with van der Waals surface area (Å²) in [5.74, 6) is -0.728. The van der Waals surface area contributed by atoms with Crippen LogP contribution >= 0.6 is 0 Å². The smallest absolute Gasteiger partial charge is 0.337 e. The Morgan fingerprint density at radius 3 is 2.56 bits per heavy atom. The zero-order valence-corrected chi connectivity index (χ0v) is 14.3. The number of hydrogen-bond acceptors (Lipinski definition) is 5. The van der Waals surface area contributed by atoms with E-state index in [-0.39, 0.29) is 5.91 Å². The molecule has 1 atom stereocenters. The third kappa shape index (κ3) is 4.36. The van der Waals surface area contributed by atoms with E-state index in [9.17, 15) is 9.59 Å². The molecular weight excluding hydrogens is 318 g/mol. The van der Waals surface area contributed by atoms with E-state index >= 15 is 0 Å². The van der Waals surface area contributed by atoms with Gasteiger partial charge in [-0.1, -0.05) is 18.2 Å². The zero-order valence-electron chi connectivity index (χ0n) is 14.3. The van der Waals surface area contributed by atoms with Gasteiger partial charge in [-0.3, -0.25) is 4.79 Å². The number of nitrogens with one attached hydrogen (secondary N) is 2. The molecule has 2 N–H and O–H groups in total. The van der Waals surface area contributed by atoms with Crippen LogP contribution in [0.1, 0.15) is 28.4 Å². The molecule has 128 valence electrons. The number of para-hydroxylation sites is 1. The number of amides is 1. The molecule has 6 nitrogen and oxygen atoms in total. The number of anilines is 2. The van der Waals surface area contributed by atoms with Crippen molar-refractivity contribution in [3.63, 3.8) is 0 Å². The average molecular weight is 337 g/mol. The van der Waals surface area contributed by atoms with Gasteiger partial charge in [0.2, 0.25) is 5.91 Å². The summed E-state index contributed by atoms with van der Waals surface area (Å²) >= 11 is 0. The van der Waals surface area contributed by atoms with E-state index in [2.05, 4.69) is 10.6 Å². The Morgan fingerprint density at radius 2 is 1.88 bits per heavy atom. The first-order chi connectivity index (χ1) is 12.0. The van der Waals surface area contributed by atoms with E-state index in [1.165, 1.54) is 7.11 Å². The van der Waals surface area contributed by atoms with Crippen LogP contribution in [-0.2, 0) is 9.53 Å². The second kappa shape index (κ2) is 7.97. The normalized spacial score (nSPS) is 11.1. The molecule has 0 saturated carbocycles. The Kier molecular flexibility index (Phi) is 5.75. The molecule has 6 heteroatoms. The van der Waals surface area contributed by atoms with Gasteiger partial charge in [0, 0.05) is 5.69 Å². The molecular formula is C19H19N3O3. The molecule has 1 amide bonds. The number of esters is 1. The van der Waals surface area contributed by atoms with Gasteiger partial charge in [-0.05, 0) is 43.7 Å². The lowest BCUT2D eigenvalue weighted by Gasteiger charge is -2.18. The monoisotopic (exact) mass is 337 g/mol. The Bertz CT molecular complexity index is 840. The fourth-order valence-electron chi connectivity index (χ4n) is 2.25. The van der Waals surface area contributed by atoms with Crippen LogP contribution in [0.5, 0.6) is 0 Å². The van der Waals surface area contributed by atoms with Gasteiger partial charge in [0.1, 0.15) is 12.1 Å². The third-order valence-electron chi connectivity index (χ3n) is 3.73. The predicted octanol–water partition coefficient (Wildman–Crippen LogP) is 3.09. The number of ether oxygens (including phenoxy) is 1. The van der Waals surface area contributed by atoms with Crippen LogP contribution in [0.2, 0.25) is 0 Å². The molecule has 0 heterocycles. The summed E-state index contributed by atoms with van der Waals surface area (Å²) in [7, 11) is 1.32. The van der Waals surface area contributed by atoms with Gasteiger partial charge in [-0.25, -0.2) is 4.79 Å². The molecule has 0 bridgehead atoms. The van der Waals surface area contributed by atoms with Crippen LogP contribution in [0.4, 0.5) is 11.4 Å². The van der Waals surface area contributed by atoms with Crippen LogP contribution in [0.25, 0.3) is 0 Å². The van der Waals surface area contributed by atoms with Crippen LogP contribution in [-0.4, -0.2) is 25.0 Å². The Labute approximate surface area is 146 Å². The van der Waals surface area contributed by atoms with Crippen molar-refractivity contribution in [2.75, 3.05) is 17.7 Å². The van der Waals surface area contributed by atoms with Gasteiger partial charge in [0.15, 0.2) is 0 Å². The number of carbonyl (C=O) groups is 2. The number of benzene rings is 2. The van der Waals surface area contributed by atoms with Crippen molar-refractivity contribution in [1.29, 1.82) is 5.26 Å². The molecule has 2 rings (SSSR count). The van der Waals surface area contributed by atoms with E-state index in [0.717, 1.165) is 5.56 Å². The number of hydrogen-bond donors (Lipinski definition) is 2. The summed E-state index contributed by atoms with van der Waals surface area (Å²) in [4.78, 5) is 24.0. The number of aryl methyl sites for hydroxylation is 1. The number of rotatable bonds is 5. The lowest BCUT2D eigenvalue weighted by Crippen LogP contribution is -2.32. The van der Waals surface area contributed by atoms with E-state index in [4.69, 9.17) is 10.00 Å². The summed E-state index contributed by atoms with van der Waals surface area (Å²) in [6, 6.07) is 13.4. The molecule has 2 aromatic carbocycles. The summed E-state index contributed by atoms with van der Waals surface area (Å²) in [5, 5.41) is 14.9. The van der Waals surface area contributed by atoms with E-state index in [1.807, 2.05) is 13.0 Å². The van der Waals surface area contributed by atoms with Crippen molar-refractivity contribution in [2.24, 2.45) is 0 Å². The average Bonchev–Trinajstić information content (AvgIpc) is 2.63. The highest BCUT2D eigenvalue weighted by atomic mass is 16.5. The number of nitriles is 1. The van der Waals surface area contributed by atoms with Crippen molar-refractivity contribution >= 4 is 23.3 Å². The summed E-state index contributed by atoms with van der Waals surface area (Å²) < 4.78 is 4.71. The molecule has 0 aromatic heterocycles.